The second kappa shape index (κ2) is 4.75. The zero-order chi connectivity index (χ0) is 14.3. The number of Topliss-reactive ketones (excluding diaryl/α,β-unsaturated/α-hetero) is 1. The molecule has 0 fully saturated rings. The second-order valence-corrected chi connectivity index (χ2v) is 7.84. The summed E-state index contributed by atoms with van der Waals surface area (Å²) in [6, 6.07) is 12.5. The van der Waals surface area contributed by atoms with Gasteiger partial charge in [0.25, 0.3) is 0 Å². The van der Waals surface area contributed by atoms with Crippen molar-refractivity contribution in [3.05, 3.63) is 53.6 Å². The second-order valence-electron chi connectivity index (χ2n) is 4.74. The van der Waals surface area contributed by atoms with Gasteiger partial charge in [0.2, 0.25) is 0 Å². The fourth-order valence-electron chi connectivity index (χ4n) is 2.18. The van der Waals surface area contributed by atoms with E-state index in [-0.39, 0.29) is 10.7 Å². The van der Waals surface area contributed by atoms with E-state index >= 15 is 0 Å². The Bertz CT molecular complexity index is 808. The van der Waals surface area contributed by atoms with E-state index < -0.39 is 9.84 Å². The monoisotopic (exact) mass is 304 g/mol. The normalized spacial score (nSPS) is 14.3. The first-order valence-electron chi connectivity index (χ1n) is 6.08. The molecule has 2 aromatic rings. The first-order chi connectivity index (χ1) is 9.45. The highest BCUT2D eigenvalue weighted by atomic mass is 32.2. The van der Waals surface area contributed by atoms with Crippen molar-refractivity contribution in [2.45, 2.75) is 21.1 Å². The summed E-state index contributed by atoms with van der Waals surface area (Å²) in [7, 11) is -3.30. The molecule has 0 saturated heterocycles. The topological polar surface area (TPSA) is 51.2 Å². The molecule has 3 rings (SSSR count). The van der Waals surface area contributed by atoms with E-state index in [1.54, 1.807) is 12.1 Å². The van der Waals surface area contributed by atoms with Crippen molar-refractivity contribution in [3.63, 3.8) is 0 Å². The SMILES string of the molecule is CS(=O)(=O)c1ccc2c(c1)C(=O)Cc1ccccc1S2. The molecule has 0 radical (unpaired) electrons. The predicted molar refractivity (Wildman–Crippen MR) is 78.2 cm³/mol. The Labute approximate surface area is 121 Å². The zero-order valence-electron chi connectivity index (χ0n) is 10.8. The summed E-state index contributed by atoms with van der Waals surface area (Å²) in [6.45, 7) is 0. The maximum atomic E-state index is 12.3. The Morgan fingerprint density at radius 1 is 1.05 bits per heavy atom. The number of carbonyl (C=O) groups is 1. The summed E-state index contributed by atoms with van der Waals surface area (Å²) in [6.07, 6.45) is 1.46. The van der Waals surface area contributed by atoms with Gasteiger partial charge in [-0.1, -0.05) is 30.0 Å². The van der Waals surface area contributed by atoms with Gasteiger partial charge in [0.15, 0.2) is 15.6 Å². The van der Waals surface area contributed by atoms with Crippen molar-refractivity contribution in [1.29, 1.82) is 0 Å². The molecule has 0 aliphatic carbocycles. The lowest BCUT2D eigenvalue weighted by molar-refractivity contribution is 0.0990. The highest BCUT2D eigenvalue weighted by Gasteiger charge is 2.22. The van der Waals surface area contributed by atoms with Gasteiger partial charge in [0.1, 0.15) is 0 Å². The lowest BCUT2D eigenvalue weighted by Gasteiger charge is -2.06. The number of benzene rings is 2. The molecule has 5 heteroatoms. The number of hydrogen-bond acceptors (Lipinski definition) is 4. The predicted octanol–water partition coefficient (Wildman–Crippen LogP) is 2.98. The van der Waals surface area contributed by atoms with Crippen molar-refractivity contribution >= 4 is 27.4 Å². The molecule has 0 bridgehead atoms. The molecule has 0 saturated carbocycles. The van der Waals surface area contributed by atoms with Gasteiger partial charge >= 0.3 is 0 Å². The van der Waals surface area contributed by atoms with Gasteiger partial charge in [-0.25, -0.2) is 8.42 Å². The maximum Gasteiger partial charge on any atom is 0.175 e. The molecule has 0 spiro atoms. The third-order valence-electron chi connectivity index (χ3n) is 3.22. The van der Waals surface area contributed by atoms with Crippen LogP contribution in [0.2, 0.25) is 0 Å². The number of carbonyl (C=O) groups excluding carboxylic acids is 1. The van der Waals surface area contributed by atoms with Crippen molar-refractivity contribution in [2.75, 3.05) is 6.26 Å². The molecule has 2 aromatic carbocycles. The van der Waals surface area contributed by atoms with Crippen LogP contribution in [0.15, 0.2) is 57.2 Å². The molecular weight excluding hydrogens is 292 g/mol. The molecule has 1 heterocycles. The van der Waals surface area contributed by atoms with Crippen LogP contribution in [0.1, 0.15) is 15.9 Å². The Morgan fingerprint density at radius 2 is 1.80 bits per heavy atom. The summed E-state index contributed by atoms with van der Waals surface area (Å²) in [5.41, 5.74) is 1.48. The molecular formula is C15H12O3S2. The van der Waals surface area contributed by atoms with Crippen LogP contribution >= 0.6 is 11.8 Å². The summed E-state index contributed by atoms with van der Waals surface area (Å²) in [5.74, 6) is -0.0389. The van der Waals surface area contributed by atoms with Gasteiger partial charge in [-0.05, 0) is 29.8 Å². The lowest BCUT2D eigenvalue weighted by atomic mass is 10.0. The molecule has 0 unspecified atom stereocenters. The zero-order valence-corrected chi connectivity index (χ0v) is 12.4. The number of ketones is 1. The van der Waals surface area contributed by atoms with Crippen LogP contribution in [-0.4, -0.2) is 20.5 Å². The van der Waals surface area contributed by atoms with Gasteiger partial charge in [0.05, 0.1) is 4.90 Å². The third kappa shape index (κ3) is 2.39. The number of rotatable bonds is 1. The Morgan fingerprint density at radius 3 is 2.55 bits per heavy atom. The van der Waals surface area contributed by atoms with Crippen molar-refractivity contribution in [2.24, 2.45) is 0 Å². The number of fused-ring (bicyclic) bond motifs is 2. The maximum absolute atomic E-state index is 12.3. The fraction of sp³-hybridized carbons (Fsp3) is 0.133. The Balaban J connectivity index is 2.16. The average Bonchev–Trinajstić information content (AvgIpc) is 2.53. The number of hydrogen-bond donors (Lipinski definition) is 0. The third-order valence-corrected chi connectivity index (χ3v) is 5.53. The van der Waals surface area contributed by atoms with E-state index in [9.17, 15) is 13.2 Å². The van der Waals surface area contributed by atoms with E-state index in [1.807, 2.05) is 24.3 Å². The molecule has 3 nitrogen and oxygen atoms in total. The summed E-state index contributed by atoms with van der Waals surface area (Å²) in [4.78, 5) is 14.4. The molecule has 0 aromatic heterocycles. The standard InChI is InChI=1S/C15H12O3S2/c1-20(17,18)11-6-7-15-12(9-11)13(16)8-10-4-2-3-5-14(10)19-15/h2-7,9H,8H2,1H3. The molecule has 1 aliphatic heterocycles. The van der Waals surface area contributed by atoms with Crippen LogP contribution in [0.5, 0.6) is 0 Å². The minimum atomic E-state index is -3.30. The van der Waals surface area contributed by atoms with Crippen LogP contribution in [-0.2, 0) is 16.3 Å². The van der Waals surface area contributed by atoms with E-state index in [2.05, 4.69) is 0 Å². The van der Waals surface area contributed by atoms with E-state index in [4.69, 9.17) is 0 Å². The van der Waals surface area contributed by atoms with Crippen molar-refractivity contribution < 1.29 is 13.2 Å². The first-order valence-corrected chi connectivity index (χ1v) is 8.79. The quantitative estimate of drug-likeness (QED) is 0.813. The molecule has 0 N–H and O–H groups in total. The van der Waals surface area contributed by atoms with Crippen LogP contribution in [0, 0.1) is 0 Å². The van der Waals surface area contributed by atoms with Crippen molar-refractivity contribution in [3.8, 4) is 0 Å². The smallest absolute Gasteiger partial charge is 0.175 e. The van der Waals surface area contributed by atoms with Crippen LogP contribution in [0.4, 0.5) is 0 Å². The lowest BCUT2D eigenvalue weighted by Crippen LogP contribution is -2.05. The highest BCUT2D eigenvalue weighted by Crippen LogP contribution is 2.37. The summed E-state index contributed by atoms with van der Waals surface area (Å²) < 4.78 is 23.2. The number of sulfone groups is 1. The van der Waals surface area contributed by atoms with Gasteiger partial charge in [0, 0.05) is 28.0 Å². The minimum Gasteiger partial charge on any atom is -0.294 e. The van der Waals surface area contributed by atoms with Crippen LogP contribution in [0.25, 0.3) is 0 Å². The van der Waals surface area contributed by atoms with Gasteiger partial charge < -0.3 is 0 Å². The van der Waals surface area contributed by atoms with E-state index in [1.165, 1.54) is 17.8 Å². The molecule has 0 atom stereocenters. The molecule has 102 valence electrons. The first kappa shape index (κ1) is 13.4. The van der Waals surface area contributed by atoms with Gasteiger partial charge in [-0.15, -0.1) is 0 Å². The Kier molecular flexibility index (Phi) is 3.18. The Hall–Kier alpha value is -1.59. The van der Waals surface area contributed by atoms with Gasteiger partial charge in [-0.3, -0.25) is 4.79 Å². The highest BCUT2D eigenvalue weighted by molar-refractivity contribution is 7.99. The molecule has 0 amide bonds. The largest absolute Gasteiger partial charge is 0.294 e. The molecule has 1 aliphatic rings. The van der Waals surface area contributed by atoms with Gasteiger partial charge in [-0.2, -0.15) is 0 Å². The molecule has 20 heavy (non-hydrogen) atoms. The summed E-state index contributed by atoms with van der Waals surface area (Å²) in [5, 5.41) is 0. The van der Waals surface area contributed by atoms with Crippen molar-refractivity contribution in [1.82, 2.24) is 0 Å². The van der Waals surface area contributed by atoms with E-state index in [0.29, 0.717) is 12.0 Å². The fourth-order valence-corrected chi connectivity index (χ4v) is 3.90. The van der Waals surface area contributed by atoms with E-state index in [0.717, 1.165) is 21.6 Å². The van der Waals surface area contributed by atoms with Crippen LogP contribution in [0.3, 0.4) is 0 Å². The minimum absolute atomic E-state index is 0.0389. The average molecular weight is 304 g/mol. The van der Waals surface area contributed by atoms with Crippen LogP contribution < -0.4 is 0 Å². The summed E-state index contributed by atoms with van der Waals surface area (Å²) >= 11 is 1.51.